The molecule has 0 saturated carbocycles. The minimum absolute atomic E-state index is 0.434. The molecule has 3 saturated heterocycles. The maximum absolute atomic E-state index is 5.35. The predicted octanol–water partition coefficient (Wildman–Crippen LogP) is 1.60. The number of thiocarbonyl (C=S) groups is 1. The lowest BCUT2D eigenvalue weighted by atomic mass is 9.84. The summed E-state index contributed by atoms with van der Waals surface area (Å²) in [6.45, 7) is 3.52. The van der Waals surface area contributed by atoms with Gasteiger partial charge in [-0.3, -0.25) is 5.43 Å². The summed E-state index contributed by atoms with van der Waals surface area (Å²) in [5.41, 5.74) is 3.81. The molecule has 3 aliphatic heterocycles. The van der Waals surface area contributed by atoms with Gasteiger partial charge in [-0.25, -0.2) is 0 Å². The molecule has 0 spiro atoms. The van der Waals surface area contributed by atoms with Crippen molar-refractivity contribution in [1.82, 2.24) is 15.6 Å². The largest absolute Gasteiger partial charge is 0.493 e. The Morgan fingerprint density at radius 1 is 1.25 bits per heavy atom. The Balaban J connectivity index is 1.51. The van der Waals surface area contributed by atoms with E-state index in [1.54, 1.807) is 20.4 Å². The van der Waals surface area contributed by atoms with E-state index in [0.29, 0.717) is 22.7 Å². The molecule has 0 unspecified atom stereocenters. The smallest absolute Gasteiger partial charge is 0.187 e. The average molecular weight is 348 g/mol. The Labute approximate surface area is 148 Å². The minimum atomic E-state index is 0.434. The van der Waals surface area contributed by atoms with E-state index < -0.39 is 0 Å². The highest BCUT2D eigenvalue weighted by atomic mass is 32.1. The van der Waals surface area contributed by atoms with Crippen LogP contribution in [-0.4, -0.2) is 56.1 Å². The molecule has 24 heavy (non-hydrogen) atoms. The van der Waals surface area contributed by atoms with Crippen molar-refractivity contribution in [2.45, 2.75) is 18.9 Å². The number of benzene rings is 1. The van der Waals surface area contributed by atoms with Crippen molar-refractivity contribution in [2.75, 3.05) is 33.9 Å². The van der Waals surface area contributed by atoms with E-state index in [4.69, 9.17) is 21.7 Å². The second-order valence-corrected chi connectivity index (χ2v) is 6.61. The molecule has 4 rings (SSSR count). The van der Waals surface area contributed by atoms with Gasteiger partial charge in [-0.05, 0) is 67.8 Å². The van der Waals surface area contributed by atoms with Crippen molar-refractivity contribution >= 4 is 23.5 Å². The SMILES string of the molecule is COc1ccc(/C=N\NC(=S)N[C@@H]2CN3CCC2CC3)cc1OC. The Hall–Kier alpha value is -1.86. The summed E-state index contributed by atoms with van der Waals surface area (Å²) < 4.78 is 10.5. The fraction of sp³-hybridized carbons (Fsp3) is 0.529. The zero-order chi connectivity index (χ0) is 16.9. The van der Waals surface area contributed by atoms with E-state index in [1.807, 2.05) is 18.2 Å². The number of rotatable bonds is 5. The van der Waals surface area contributed by atoms with Crippen LogP contribution in [0.15, 0.2) is 23.3 Å². The number of fused-ring (bicyclic) bond motifs is 3. The molecule has 0 radical (unpaired) electrons. The van der Waals surface area contributed by atoms with Crippen molar-refractivity contribution in [3.05, 3.63) is 23.8 Å². The van der Waals surface area contributed by atoms with Crippen LogP contribution < -0.4 is 20.2 Å². The maximum atomic E-state index is 5.35. The minimum Gasteiger partial charge on any atom is -0.493 e. The number of methoxy groups -OCH3 is 2. The molecule has 2 bridgehead atoms. The monoisotopic (exact) mass is 348 g/mol. The number of nitrogens with zero attached hydrogens (tertiary/aromatic N) is 2. The molecule has 0 aromatic heterocycles. The van der Waals surface area contributed by atoms with Gasteiger partial charge >= 0.3 is 0 Å². The first-order valence-electron chi connectivity index (χ1n) is 8.23. The third-order valence-corrected chi connectivity index (χ3v) is 4.97. The molecule has 1 aromatic carbocycles. The van der Waals surface area contributed by atoms with Crippen molar-refractivity contribution in [3.63, 3.8) is 0 Å². The fourth-order valence-electron chi connectivity index (χ4n) is 3.43. The van der Waals surface area contributed by atoms with Crippen LogP contribution in [0.3, 0.4) is 0 Å². The first-order valence-corrected chi connectivity index (χ1v) is 8.64. The number of nitrogens with one attached hydrogen (secondary N) is 2. The maximum Gasteiger partial charge on any atom is 0.187 e. The predicted molar refractivity (Wildman–Crippen MR) is 99.0 cm³/mol. The van der Waals surface area contributed by atoms with Crippen LogP contribution in [0.1, 0.15) is 18.4 Å². The highest BCUT2D eigenvalue weighted by Gasteiger charge is 2.34. The molecule has 3 heterocycles. The second kappa shape index (κ2) is 7.81. The van der Waals surface area contributed by atoms with Crippen LogP contribution in [0.25, 0.3) is 0 Å². The van der Waals surface area contributed by atoms with Gasteiger partial charge in [0.05, 0.1) is 20.4 Å². The summed E-state index contributed by atoms with van der Waals surface area (Å²) in [5.74, 6) is 2.10. The van der Waals surface area contributed by atoms with Gasteiger partial charge in [-0.2, -0.15) is 5.10 Å². The first kappa shape index (κ1) is 17.0. The third kappa shape index (κ3) is 3.96. The molecule has 0 amide bonds. The first-order chi connectivity index (χ1) is 11.7. The fourth-order valence-corrected chi connectivity index (χ4v) is 3.63. The van der Waals surface area contributed by atoms with E-state index in [9.17, 15) is 0 Å². The van der Waals surface area contributed by atoms with Gasteiger partial charge < -0.3 is 19.7 Å². The molecule has 3 fully saturated rings. The van der Waals surface area contributed by atoms with Crippen LogP contribution in [0.2, 0.25) is 0 Å². The van der Waals surface area contributed by atoms with Gasteiger partial charge in [0, 0.05) is 12.6 Å². The number of piperidine rings is 3. The lowest BCUT2D eigenvalue weighted by Gasteiger charge is -2.45. The third-order valence-electron chi connectivity index (χ3n) is 4.76. The Kier molecular flexibility index (Phi) is 5.52. The van der Waals surface area contributed by atoms with E-state index in [2.05, 4.69) is 20.7 Å². The summed E-state index contributed by atoms with van der Waals surface area (Å²) in [6.07, 6.45) is 4.23. The Morgan fingerprint density at radius 2 is 2.00 bits per heavy atom. The summed E-state index contributed by atoms with van der Waals surface area (Å²) in [4.78, 5) is 2.49. The van der Waals surface area contributed by atoms with E-state index in [1.165, 1.54) is 25.9 Å². The molecule has 130 valence electrons. The standard InChI is InChI=1S/C17H24N4O2S/c1-22-15-4-3-12(9-16(15)23-2)10-18-20-17(24)19-14-11-21-7-5-13(14)6-8-21/h3-4,9-10,13-14H,5-8,11H2,1-2H3,(H2,19,20,24)/b18-10-/t14-/m1/s1. The summed E-state index contributed by atoms with van der Waals surface area (Å²) in [5, 5.41) is 8.18. The van der Waals surface area contributed by atoms with E-state index >= 15 is 0 Å². The molecule has 1 aromatic rings. The topological polar surface area (TPSA) is 58.1 Å². The van der Waals surface area contributed by atoms with Crippen molar-refractivity contribution in [3.8, 4) is 11.5 Å². The lowest BCUT2D eigenvalue weighted by Crippen LogP contribution is -2.58. The summed E-state index contributed by atoms with van der Waals surface area (Å²) in [7, 11) is 3.23. The molecule has 7 heteroatoms. The molecular formula is C17H24N4O2S. The lowest BCUT2D eigenvalue weighted by molar-refractivity contribution is 0.0812. The number of hydrazone groups is 1. The van der Waals surface area contributed by atoms with Gasteiger partial charge in [0.25, 0.3) is 0 Å². The van der Waals surface area contributed by atoms with Crippen LogP contribution in [-0.2, 0) is 0 Å². The molecule has 6 nitrogen and oxygen atoms in total. The highest BCUT2D eigenvalue weighted by molar-refractivity contribution is 7.80. The summed E-state index contributed by atoms with van der Waals surface area (Å²) >= 11 is 5.35. The number of hydrogen-bond donors (Lipinski definition) is 2. The normalized spacial score (nSPS) is 25.5. The Bertz CT molecular complexity index is 615. The van der Waals surface area contributed by atoms with Crippen molar-refractivity contribution in [1.29, 1.82) is 0 Å². The zero-order valence-corrected chi connectivity index (χ0v) is 14.9. The summed E-state index contributed by atoms with van der Waals surface area (Å²) in [6, 6.07) is 6.07. The second-order valence-electron chi connectivity index (χ2n) is 6.20. The van der Waals surface area contributed by atoms with Gasteiger partial charge in [-0.15, -0.1) is 0 Å². The van der Waals surface area contributed by atoms with Crippen LogP contribution in [0, 0.1) is 5.92 Å². The molecular weight excluding hydrogens is 324 g/mol. The number of hydrogen-bond acceptors (Lipinski definition) is 5. The highest BCUT2D eigenvalue weighted by Crippen LogP contribution is 2.28. The van der Waals surface area contributed by atoms with E-state index in [-0.39, 0.29) is 0 Å². The van der Waals surface area contributed by atoms with E-state index in [0.717, 1.165) is 18.0 Å². The molecule has 2 N–H and O–H groups in total. The van der Waals surface area contributed by atoms with Gasteiger partial charge in [0.1, 0.15) is 0 Å². The van der Waals surface area contributed by atoms with Crippen LogP contribution >= 0.6 is 12.2 Å². The van der Waals surface area contributed by atoms with Crippen LogP contribution in [0.5, 0.6) is 11.5 Å². The average Bonchev–Trinajstić information content (AvgIpc) is 2.62. The molecule has 0 aliphatic carbocycles. The Morgan fingerprint density at radius 3 is 2.62 bits per heavy atom. The molecule has 1 atom stereocenters. The van der Waals surface area contributed by atoms with Crippen molar-refractivity contribution < 1.29 is 9.47 Å². The van der Waals surface area contributed by atoms with Crippen LogP contribution in [0.4, 0.5) is 0 Å². The van der Waals surface area contributed by atoms with Gasteiger partial charge in [-0.1, -0.05) is 0 Å². The number of ether oxygens (including phenoxy) is 2. The van der Waals surface area contributed by atoms with Gasteiger partial charge in [0.2, 0.25) is 0 Å². The quantitative estimate of drug-likeness (QED) is 0.479. The zero-order valence-electron chi connectivity index (χ0n) is 14.1. The molecule has 3 aliphatic rings. The van der Waals surface area contributed by atoms with Crippen molar-refractivity contribution in [2.24, 2.45) is 11.0 Å². The van der Waals surface area contributed by atoms with Gasteiger partial charge in [0.15, 0.2) is 16.6 Å².